The highest BCUT2D eigenvalue weighted by atomic mass is 127. The van der Waals surface area contributed by atoms with E-state index in [0.717, 1.165) is 22.3 Å². The molecule has 1 atom stereocenters. The summed E-state index contributed by atoms with van der Waals surface area (Å²) >= 11 is 8.25. The first-order valence-corrected chi connectivity index (χ1v) is 7.58. The van der Waals surface area contributed by atoms with Crippen LogP contribution in [0.25, 0.3) is 0 Å². The summed E-state index contributed by atoms with van der Waals surface area (Å²) in [6.45, 7) is 4.33. The molecule has 0 amide bonds. The standard InChI is InChI=1S/C13H18ClIO/c1-3-12(4-2)16-13(9-15)10-5-7-11(14)8-6-10/h5-8,12-13H,3-4,9H2,1-2H3. The lowest BCUT2D eigenvalue weighted by molar-refractivity contribution is -0.00305. The van der Waals surface area contributed by atoms with E-state index in [-0.39, 0.29) is 6.10 Å². The molecule has 1 nitrogen and oxygen atoms in total. The van der Waals surface area contributed by atoms with E-state index in [9.17, 15) is 0 Å². The Kier molecular flexibility index (Phi) is 6.70. The maximum absolute atomic E-state index is 6.07. The van der Waals surface area contributed by atoms with E-state index in [4.69, 9.17) is 16.3 Å². The number of hydrogen-bond acceptors (Lipinski definition) is 1. The van der Waals surface area contributed by atoms with Crippen LogP contribution in [0.2, 0.25) is 5.02 Å². The third kappa shape index (κ3) is 4.22. The Bertz CT molecular complexity index is 295. The van der Waals surface area contributed by atoms with Crippen molar-refractivity contribution in [1.82, 2.24) is 0 Å². The van der Waals surface area contributed by atoms with Crippen LogP contribution in [0.4, 0.5) is 0 Å². The third-order valence-electron chi connectivity index (χ3n) is 2.65. The monoisotopic (exact) mass is 352 g/mol. The van der Waals surface area contributed by atoms with Crippen molar-refractivity contribution in [3.05, 3.63) is 34.9 Å². The predicted octanol–water partition coefficient (Wildman–Crippen LogP) is 5.02. The number of halogens is 2. The van der Waals surface area contributed by atoms with Crippen LogP contribution in [0.5, 0.6) is 0 Å². The molecule has 3 heteroatoms. The topological polar surface area (TPSA) is 9.23 Å². The van der Waals surface area contributed by atoms with Gasteiger partial charge in [-0.15, -0.1) is 0 Å². The third-order valence-corrected chi connectivity index (χ3v) is 3.70. The zero-order chi connectivity index (χ0) is 12.0. The Labute approximate surface area is 117 Å². The van der Waals surface area contributed by atoms with E-state index >= 15 is 0 Å². The number of ether oxygens (including phenoxy) is 1. The molecule has 0 heterocycles. The molecule has 1 aromatic rings. The van der Waals surface area contributed by atoms with Crippen LogP contribution >= 0.6 is 34.2 Å². The van der Waals surface area contributed by atoms with Crippen molar-refractivity contribution < 1.29 is 4.74 Å². The first-order valence-electron chi connectivity index (χ1n) is 5.68. The fourth-order valence-electron chi connectivity index (χ4n) is 1.59. The molecule has 0 N–H and O–H groups in total. The SMILES string of the molecule is CCC(CC)OC(CI)c1ccc(Cl)cc1. The smallest absolute Gasteiger partial charge is 0.0918 e. The summed E-state index contributed by atoms with van der Waals surface area (Å²) in [7, 11) is 0. The van der Waals surface area contributed by atoms with E-state index in [1.54, 1.807) is 0 Å². The molecule has 1 aromatic carbocycles. The first kappa shape index (κ1) is 14.3. The lowest BCUT2D eigenvalue weighted by atomic mass is 10.1. The van der Waals surface area contributed by atoms with Gasteiger partial charge in [0.15, 0.2) is 0 Å². The first-order chi connectivity index (χ1) is 7.71. The number of rotatable bonds is 6. The summed E-state index contributed by atoms with van der Waals surface area (Å²) in [6, 6.07) is 7.95. The van der Waals surface area contributed by atoms with Gasteiger partial charge in [-0.1, -0.05) is 60.2 Å². The fourth-order valence-corrected chi connectivity index (χ4v) is 2.44. The van der Waals surface area contributed by atoms with Crippen LogP contribution in [0.3, 0.4) is 0 Å². The highest BCUT2D eigenvalue weighted by Crippen LogP contribution is 2.24. The van der Waals surface area contributed by atoms with E-state index in [2.05, 4.69) is 36.4 Å². The van der Waals surface area contributed by atoms with Crippen LogP contribution in [0, 0.1) is 0 Å². The van der Waals surface area contributed by atoms with Crippen LogP contribution in [0.15, 0.2) is 24.3 Å². The molecule has 0 aromatic heterocycles. The van der Waals surface area contributed by atoms with E-state index in [1.807, 2.05) is 24.3 Å². The lowest BCUT2D eigenvalue weighted by Gasteiger charge is -2.22. The molecule has 16 heavy (non-hydrogen) atoms. The van der Waals surface area contributed by atoms with Gasteiger partial charge in [-0.05, 0) is 30.5 Å². The summed E-state index contributed by atoms with van der Waals surface area (Å²) in [5.74, 6) is 0. The lowest BCUT2D eigenvalue weighted by Crippen LogP contribution is -2.16. The van der Waals surface area contributed by atoms with Crippen molar-refractivity contribution in [1.29, 1.82) is 0 Å². The zero-order valence-corrected chi connectivity index (χ0v) is 12.7. The van der Waals surface area contributed by atoms with Crippen LogP contribution in [-0.2, 0) is 4.74 Å². The molecule has 0 saturated carbocycles. The van der Waals surface area contributed by atoms with Gasteiger partial charge in [0.05, 0.1) is 12.2 Å². The quantitative estimate of drug-likeness (QED) is 0.516. The molecule has 0 aliphatic carbocycles. The van der Waals surface area contributed by atoms with Crippen molar-refractivity contribution in [2.24, 2.45) is 0 Å². The van der Waals surface area contributed by atoms with Gasteiger partial charge in [-0.3, -0.25) is 0 Å². The minimum Gasteiger partial charge on any atom is -0.370 e. The normalized spacial score (nSPS) is 13.1. The van der Waals surface area contributed by atoms with Crippen molar-refractivity contribution >= 4 is 34.2 Å². The average molecular weight is 353 g/mol. The largest absolute Gasteiger partial charge is 0.370 e. The minimum atomic E-state index is 0.183. The summed E-state index contributed by atoms with van der Waals surface area (Å²) in [5.41, 5.74) is 1.21. The zero-order valence-electron chi connectivity index (χ0n) is 9.75. The van der Waals surface area contributed by atoms with Gasteiger partial charge < -0.3 is 4.74 Å². The molecule has 1 rings (SSSR count). The molecule has 0 aliphatic rings. The molecule has 0 fully saturated rings. The van der Waals surface area contributed by atoms with Crippen molar-refractivity contribution in [3.63, 3.8) is 0 Å². The Morgan fingerprint density at radius 1 is 1.19 bits per heavy atom. The van der Waals surface area contributed by atoms with E-state index < -0.39 is 0 Å². The van der Waals surface area contributed by atoms with Crippen LogP contribution in [-0.4, -0.2) is 10.5 Å². The number of hydrogen-bond donors (Lipinski definition) is 0. The molecule has 0 bridgehead atoms. The second kappa shape index (κ2) is 7.51. The van der Waals surface area contributed by atoms with Crippen molar-refractivity contribution in [2.45, 2.75) is 38.9 Å². The number of alkyl halides is 1. The molecule has 0 radical (unpaired) electrons. The molecule has 1 unspecified atom stereocenters. The molecule has 90 valence electrons. The maximum atomic E-state index is 6.07. The fraction of sp³-hybridized carbons (Fsp3) is 0.538. The van der Waals surface area contributed by atoms with Gasteiger partial charge in [0.1, 0.15) is 0 Å². The van der Waals surface area contributed by atoms with Crippen LogP contribution < -0.4 is 0 Å². The Balaban J connectivity index is 2.70. The minimum absolute atomic E-state index is 0.183. The highest BCUT2D eigenvalue weighted by molar-refractivity contribution is 14.1. The van der Waals surface area contributed by atoms with Crippen LogP contribution in [0.1, 0.15) is 38.4 Å². The summed E-state index contributed by atoms with van der Waals surface area (Å²) in [5, 5.41) is 0.776. The average Bonchev–Trinajstić information content (AvgIpc) is 2.32. The van der Waals surface area contributed by atoms with Crippen molar-refractivity contribution in [3.8, 4) is 0 Å². The van der Waals surface area contributed by atoms with Gasteiger partial charge in [0.2, 0.25) is 0 Å². The Hall–Kier alpha value is 0.200. The Morgan fingerprint density at radius 3 is 2.19 bits per heavy atom. The second-order valence-corrected chi connectivity index (χ2v) is 5.09. The molecule has 0 saturated heterocycles. The van der Waals surface area contributed by atoms with E-state index in [0.29, 0.717) is 6.10 Å². The van der Waals surface area contributed by atoms with Gasteiger partial charge >= 0.3 is 0 Å². The van der Waals surface area contributed by atoms with Gasteiger partial charge in [-0.25, -0.2) is 0 Å². The van der Waals surface area contributed by atoms with Gasteiger partial charge in [0.25, 0.3) is 0 Å². The van der Waals surface area contributed by atoms with E-state index in [1.165, 1.54) is 5.56 Å². The molecule has 0 aliphatic heterocycles. The molecule has 0 spiro atoms. The number of benzene rings is 1. The predicted molar refractivity (Wildman–Crippen MR) is 78.5 cm³/mol. The van der Waals surface area contributed by atoms with Gasteiger partial charge in [-0.2, -0.15) is 0 Å². The van der Waals surface area contributed by atoms with Crippen molar-refractivity contribution in [2.75, 3.05) is 4.43 Å². The summed E-state index contributed by atoms with van der Waals surface area (Å²) in [4.78, 5) is 0. The Morgan fingerprint density at radius 2 is 1.75 bits per heavy atom. The highest BCUT2D eigenvalue weighted by Gasteiger charge is 2.14. The van der Waals surface area contributed by atoms with Gasteiger partial charge in [0, 0.05) is 9.45 Å². The second-order valence-electron chi connectivity index (χ2n) is 3.77. The molecular formula is C13H18ClIO. The molecular weight excluding hydrogens is 334 g/mol. The summed E-state index contributed by atoms with van der Waals surface area (Å²) < 4.78 is 7.04. The maximum Gasteiger partial charge on any atom is 0.0918 e. The summed E-state index contributed by atoms with van der Waals surface area (Å²) in [6.07, 6.45) is 2.67.